The Bertz CT molecular complexity index is 1360. The third-order valence-electron chi connectivity index (χ3n) is 4.92. The first kappa shape index (κ1) is 23.1. The molecule has 176 valence electrons. The molecule has 35 heavy (non-hydrogen) atoms. The first-order chi connectivity index (χ1) is 16.8. The number of rotatable bonds is 7. The number of hydrogen-bond donors (Lipinski definition) is 2. The fourth-order valence-electron chi connectivity index (χ4n) is 3.26. The number of halogens is 1. The van der Waals surface area contributed by atoms with E-state index in [9.17, 15) is 28.9 Å². The summed E-state index contributed by atoms with van der Waals surface area (Å²) in [6.07, 6.45) is 1.15. The highest BCUT2D eigenvalue weighted by Gasteiger charge is 2.34. The maximum Gasteiger partial charge on any atom is 0.282 e. The smallest absolute Gasteiger partial charge is 0.282 e. The van der Waals surface area contributed by atoms with E-state index in [-0.39, 0.29) is 28.3 Å². The number of ether oxygens (including phenoxy) is 1. The number of hydrazine groups is 1. The molecule has 2 N–H and O–H groups in total. The molecule has 0 atom stereocenters. The molecule has 1 aliphatic heterocycles. The van der Waals surface area contributed by atoms with E-state index in [1.807, 2.05) is 0 Å². The minimum Gasteiger partial charge on any atom is -0.483 e. The zero-order valence-corrected chi connectivity index (χ0v) is 17.9. The van der Waals surface area contributed by atoms with Gasteiger partial charge in [-0.15, -0.1) is 0 Å². The zero-order chi connectivity index (χ0) is 24.9. The lowest BCUT2D eigenvalue weighted by atomic mass is 10.1. The van der Waals surface area contributed by atoms with Gasteiger partial charge in [0.2, 0.25) is 0 Å². The van der Waals surface area contributed by atoms with Crippen LogP contribution in [0.2, 0.25) is 0 Å². The van der Waals surface area contributed by atoms with E-state index >= 15 is 0 Å². The zero-order valence-electron chi connectivity index (χ0n) is 17.9. The molecular formula is C24H17FN4O6. The van der Waals surface area contributed by atoms with E-state index in [0.29, 0.717) is 5.69 Å². The quantitative estimate of drug-likeness (QED) is 0.233. The van der Waals surface area contributed by atoms with Crippen LogP contribution in [-0.4, -0.2) is 29.3 Å². The molecule has 3 amide bonds. The summed E-state index contributed by atoms with van der Waals surface area (Å²) in [6, 6.07) is 17.4. The molecule has 3 aromatic carbocycles. The van der Waals surface area contributed by atoms with Crippen LogP contribution in [0.25, 0.3) is 6.08 Å². The second-order valence-electron chi connectivity index (χ2n) is 7.27. The van der Waals surface area contributed by atoms with Crippen LogP contribution in [0.4, 0.5) is 21.5 Å². The number of nitrogens with one attached hydrogen (secondary N) is 2. The summed E-state index contributed by atoms with van der Waals surface area (Å²) < 4.78 is 19.2. The minimum absolute atomic E-state index is 0.00513. The van der Waals surface area contributed by atoms with Gasteiger partial charge in [-0.1, -0.05) is 30.3 Å². The van der Waals surface area contributed by atoms with Gasteiger partial charge < -0.3 is 10.1 Å². The summed E-state index contributed by atoms with van der Waals surface area (Å²) in [5, 5.41) is 14.7. The van der Waals surface area contributed by atoms with Gasteiger partial charge in [0.1, 0.15) is 17.1 Å². The molecule has 4 rings (SSSR count). The highest BCUT2D eigenvalue weighted by molar-refractivity contribution is 6.31. The Hall–Kier alpha value is -5.06. The van der Waals surface area contributed by atoms with Crippen LogP contribution < -0.4 is 20.5 Å². The summed E-state index contributed by atoms with van der Waals surface area (Å²) >= 11 is 0. The molecule has 0 saturated carbocycles. The lowest BCUT2D eigenvalue weighted by Crippen LogP contribution is -2.35. The maximum atomic E-state index is 13.8. The first-order valence-electron chi connectivity index (χ1n) is 10.2. The van der Waals surface area contributed by atoms with Crippen LogP contribution in [-0.2, 0) is 14.4 Å². The predicted octanol–water partition coefficient (Wildman–Crippen LogP) is 3.21. The van der Waals surface area contributed by atoms with Crippen molar-refractivity contribution in [1.82, 2.24) is 5.43 Å². The molecule has 3 aromatic rings. The van der Waals surface area contributed by atoms with Crippen molar-refractivity contribution < 1.29 is 28.4 Å². The monoisotopic (exact) mass is 476 g/mol. The van der Waals surface area contributed by atoms with Crippen molar-refractivity contribution >= 4 is 40.9 Å². The molecule has 1 aliphatic rings. The number of para-hydroxylation sites is 2. The number of carbonyl (C=O) groups excluding carboxylic acids is 3. The van der Waals surface area contributed by atoms with Crippen LogP contribution >= 0.6 is 0 Å². The highest BCUT2D eigenvalue weighted by atomic mass is 19.1. The van der Waals surface area contributed by atoms with Crippen molar-refractivity contribution in [2.24, 2.45) is 0 Å². The Morgan fingerprint density at radius 3 is 2.51 bits per heavy atom. The van der Waals surface area contributed by atoms with Gasteiger partial charge in [0.25, 0.3) is 23.4 Å². The highest BCUT2D eigenvalue weighted by Crippen LogP contribution is 2.29. The van der Waals surface area contributed by atoms with Gasteiger partial charge in [-0.25, -0.2) is 9.40 Å². The number of amides is 3. The Morgan fingerprint density at radius 1 is 1.09 bits per heavy atom. The van der Waals surface area contributed by atoms with Crippen LogP contribution in [0.3, 0.4) is 0 Å². The van der Waals surface area contributed by atoms with Crippen LogP contribution in [0.15, 0.2) is 78.4 Å². The average molecular weight is 476 g/mol. The van der Waals surface area contributed by atoms with Crippen molar-refractivity contribution in [2.45, 2.75) is 0 Å². The minimum atomic E-state index is -0.714. The third kappa shape index (κ3) is 5.14. The molecule has 10 nitrogen and oxygen atoms in total. The second kappa shape index (κ2) is 9.83. The molecule has 0 spiro atoms. The normalized spacial score (nSPS) is 14.1. The average Bonchev–Trinajstić information content (AvgIpc) is 3.13. The van der Waals surface area contributed by atoms with E-state index in [4.69, 9.17) is 4.74 Å². The van der Waals surface area contributed by atoms with Gasteiger partial charge in [0, 0.05) is 17.7 Å². The number of nitro benzene ring substituents is 1. The first-order valence-corrected chi connectivity index (χ1v) is 10.2. The third-order valence-corrected chi connectivity index (χ3v) is 4.92. The Balaban J connectivity index is 1.58. The van der Waals surface area contributed by atoms with Crippen LogP contribution in [0.1, 0.15) is 5.56 Å². The SMILES string of the molecule is O=C(COc1ccc([N+](=O)[O-])cc1/C=C1/C(=O)NN(c2ccccc2)C1=O)Nc1ccccc1F. The van der Waals surface area contributed by atoms with E-state index in [0.717, 1.165) is 23.2 Å². The maximum absolute atomic E-state index is 13.8. The molecule has 0 aromatic heterocycles. The van der Waals surface area contributed by atoms with Gasteiger partial charge in [0.15, 0.2) is 6.61 Å². The van der Waals surface area contributed by atoms with Crippen LogP contribution in [0.5, 0.6) is 5.75 Å². The molecule has 0 aliphatic carbocycles. The van der Waals surface area contributed by atoms with Gasteiger partial charge >= 0.3 is 0 Å². The summed E-state index contributed by atoms with van der Waals surface area (Å²) in [5.74, 6) is -2.69. The number of benzene rings is 3. The standard InChI is InChI=1S/C24H17FN4O6/c25-19-8-4-5-9-20(19)26-22(30)14-35-21-11-10-17(29(33)34)12-15(21)13-18-23(31)27-28(24(18)32)16-6-2-1-3-7-16/h1-13H,14H2,(H,26,30)(H,27,31)/b18-13-. The van der Waals surface area contributed by atoms with Gasteiger partial charge in [-0.3, -0.25) is 29.9 Å². The molecule has 11 heteroatoms. The summed E-state index contributed by atoms with van der Waals surface area (Å²) in [4.78, 5) is 48.2. The van der Waals surface area contributed by atoms with Crippen LogP contribution in [0, 0.1) is 15.9 Å². The lowest BCUT2D eigenvalue weighted by molar-refractivity contribution is -0.384. The Kier molecular flexibility index (Phi) is 6.49. The summed E-state index contributed by atoms with van der Waals surface area (Å²) in [7, 11) is 0. The molecular weight excluding hydrogens is 459 g/mol. The second-order valence-corrected chi connectivity index (χ2v) is 7.27. The fourth-order valence-corrected chi connectivity index (χ4v) is 3.26. The van der Waals surface area contributed by atoms with Crippen molar-refractivity contribution in [2.75, 3.05) is 16.9 Å². The van der Waals surface area contributed by atoms with E-state index < -0.39 is 35.1 Å². The number of anilines is 2. The van der Waals surface area contributed by atoms with E-state index in [1.165, 1.54) is 24.3 Å². The summed E-state index contributed by atoms with van der Waals surface area (Å²) in [6.45, 7) is -0.557. The molecule has 1 heterocycles. The lowest BCUT2D eigenvalue weighted by Gasteiger charge is -2.14. The van der Waals surface area contributed by atoms with Crippen molar-refractivity contribution in [1.29, 1.82) is 0 Å². The predicted molar refractivity (Wildman–Crippen MR) is 124 cm³/mol. The van der Waals surface area contributed by atoms with Crippen molar-refractivity contribution in [3.63, 3.8) is 0 Å². The number of nitro groups is 1. The van der Waals surface area contributed by atoms with Crippen molar-refractivity contribution in [3.8, 4) is 5.75 Å². The molecule has 0 bridgehead atoms. The largest absolute Gasteiger partial charge is 0.483 e. The number of non-ortho nitro benzene ring substituents is 1. The molecule has 1 saturated heterocycles. The summed E-state index contributed by atoms with van der Waals surface area (Å²) in [5.41, 5.74) is 2.25. The van der Waals surface area contributed by atoms with E-state index in [1.54, 1.807) is 36.4 Å². The Morgan fingerprint density at radius 2 is 1.80 bits per heavy atom. The number of hydrogen-bond acceptors (Lipinski definition) is 6. The fraction of sp³-hybridized carbons (Fsp3) is 0.0417. The molecule has 0 radical (unpaired) electrons. The molecule has 0 unspecified atom stereocenters. The van der Waals surface area contributed by atoms with Crippen molar-refractivity contribution in [3.05, 3.63) is 99.9 Å². The number of nitrogens with zero attached hydrogens (tertiary/aromatic N) is 2. The topological polar surface area (TPSA) is 131 Å². The van der Waals surface area contributed by atoms with Gasteiger partial charge in [-0.05, 0) is 36.4 Å². The number of carbonyl (C=O) groups is 3. The Labute approximate surface area is 197 Å². The molecule has 1 fully saturated rings. The van der Waals surface area contributed by atoms with E-state index in [2.05, 4.69) is 10.7 Å². The van der Waals surface area contributed by atoms with Gasteiger partial charge in [-0.2, -0.15) is 0 Å². The van der Waals surface area contributed by atoms with Gasteiger partial charge in [0.05, 0.1) is 16.3 Å².